The Bertz CT molecular complexity index is 516. The molecule has 1 aromatic carbocycles. The Morgan fingerprint density at radius 3 is 2.81 bits per heavy atom. The topological polar surface area (TPSA) is 65.5 Å². The van der Waals surface area contributed by atoms with Gasteiger partial charge in [0, 0.05) is 11.3 Å². The van der Waals surface area contributed by atoms with Gasteiger partial charge in [0.1, 0.15) is 5.76 Å². The molecule has 4 nitrogen and oxygen atoms in total. The number of nitrogen functional groups attached to an aromatic ring is 1. The van der Waals surface area contributed by atoms with Crippen molar-refractivity contribution in [3.05, 3.63) is 42.2 Å². The van der Waals surface area contributed by atoms with Gasteiger partial charge in [0.05, 0.1) is 7.11 Å². The summed E-state index contributed by atoms with van der Waals surface area (Å²) < 4.78 is 9.90. The SMILES string of the molecule is COC(=O)c1ccc(-c2cccc(N)c2)o1. The maximum Gasteiger partial charge on any atom is 0.373 e. The van der Waals surface area contributed by atoms with Gasteiger partial charge in [-0.2, -0.15) is 0 Å². The molecule has 0 bridgehead atoms. The van der Waals surface area contributed by atoms with Crippen LogP contribution >= 0.6 is 0 Å². The van der Waals surface area contributed by atoms with Crippen molar-refractivity contribution in [3.8, 4) is 11.3 Å². The number of hydrogen-bond acceptors (Lipinski definition) is 4. The summed E-state index contributed by atoms with van der Waals surface area (Å²) in [5, 5.41) is 0. The van der Waals surface area contributed by atoms with E-state index in [0.29, 0.717) is 11.4 Å². The van der Waals surface area contributed by atoms with Crippen molar-refractivity contribution in [3.63, 3.8) is 0 Å². The molecule has 82 valence electrons. The number of benzene rings is 1. The zero-order chi connectivity index (χ0) is 11.5. The van der Waals surface area contributed by atoms with Crippen molar-refractivity contribution < 1.29 is 13.9 Å². The fourth-order valence-corrected chi connectivity index (χ4v) is 1.40. The summed E-state index contributed by atoms with van der Waals surface area (Å²) in [6, 6.07) is 10.5. The minimum Gasteiger partial charge on any atom is -0.463 e. The van der Waals surface area contributed by atoms with Crippen LogP contribution in [0.5, 0.6) is 0 Å². The molecule has 0 unspecified atom stereocenters. The first-order valence-corrected chi connectivity index (χ1v) is 4.75. The standard InChI is InChI=1S/C12H11NO3/c1-15-12(14)11-6-5-10(16-11)8-3-2-4-9(13)7-8/h2-7H,13H2,1H3. The van der Waals surface area contributed by atoms with Crippen molar-refractivity contribution >= 4 is 11.7 Å². The summed E-state index contributed by atoms with van der Waals surface area (Å²) in [7, 11) is 1.31. The molecule has 0 aliphatic heterocycles. The third kappa shape index (κ3) is 1.91. The van der Waals surface area contributed by atoms with Crippen molar-refractivity contribution in [2.24, 2.45) is 0 Å². The Balaban J connectivity index is 2.35. The molecule has 0 saturated carbocycles. The van der Waals surface area contributed by atoms with Gasteiger partial charge in [-0.1, -0.05) is 12.1 Å². The van der Waals surface area contributed by atoms with Gasteiger partial charge < -0.3 is 14.9 Å². The number of furan rings is 1. The van der Waals surface area contributed by atoms with Gasteiger partial charge in [-0.3, -0.25) is 0 Å². The maximum atomic E-state index is 11.2. The van der Waals surface area contributed by atoms with Crippen LogP contribution in [0.25, 0.3) is 11.3 Å². The number of methoxy groups -OCH3 is 1. The minimum atomic E-state index is -0.491. The Morgan fingerprint density at radius 1 is 1.31 bits per heavy atom. The highest BCUT2D eigenvalue weighted by molar-refractivity contribution is 5.87. The molecular formula is C12H11NO3. The first kappa shape index (κ1) is 10.3. The molecule has 0 radical (unpaired) electrons. The molecule has 0 atom stereocenters. The molecule has 0 aliphatic rings. The highest BCUT2D eigenvalue weighted by Gasteiger charge is 2.11. The summed E-state index contributed by atoms with van der Waals surface area (Å²) in [4.78, 5) is 11.2. The number of anilines is 1. The summed E-state index contributed by atoms with van der Waals surface area (Å²) in [5.74, 6) is 0.280. The molecule has 1 aromatic heterocycles. The van der Waals surface area contributed by atoms with E-state index in [-0.39, 0.29) is 5.76 Å². The molecule has 4 heteroatoms. The lowest BCUT2D eigenvalue weighted by atomic mass is 10.1. The maximum absolute atomic E-state index is 11.2. The first-order valence-electron chi connectivity index (χ1n) is 4.75. The average molecular weight is 217 g/mol. The number of esters is 1. The van der Waals surface area contributed by atoms with E-state index in [4.69, 9.17) is 10.2 Å². The van der Waals surface area contributed by atoms with Crippen LogP contribution in [0.1, 0.15) is 10.6 Å². The van der Waals surface area contributed by atoms with E-state index in [2.05, 4.69) is 4.74 Å². The van der Waals surface area contributed by atoms with E-state index in [1.54, 1.807) is 24.3 Å². The van der Waals surface area contributed by atoms with E-state index in [0.717, 1.165) is 5.56 Å². The Labute approximate surface area is 92.6 Å². The minimum absolute atomic E-state index is 0.180. The number of carbonyl (C=O) groups is 1. The van der Waals surface area contributed by atoms with Gasteiger partial charge in [-0.15, -0.1) is 0 Å². The molecule has 2 aromatic rings. The largest absolute Gasteiger partial charge is 0.463 e. The number of hydrogen-bond donors (Lipinski definition) is 1. The highest BCUT2D eigenvalue weighted by atomic mass is 16.5. The summed E-state index contributed by atoms with van der Waals surface area (Å²) in [6.07, 6.45) is 0. The Morgan fingerprint density at radius 2 is 2.12 bits per heavy atom. The third-order valence-electron chi connectivity index (χ3n) is 2.16. The van der Waals surface area contributed by atoms with Crippen LogP contribution < -0.4 is 5.73 Å². The van der Waals surface area contributed by atoms with Crippen LogP contribution in [0.15, 0.2) is 40.8 Å². The second-order valence-corrected chi connectivity index (χ2v) is 3.28. The third-order valence-corrected chi connectivity index (χ3v) is 2.16. The van der Waals surface area contributed by atoms with Gasteiger partial charge in [-0.05, 0) is 24.3 Å². The van der Waals surface area contributed by atoms with Crippen molar-refractivity contribution in [1.82, 2.24) is 0 Å². The summed E-state index contributed by atoms with van der Waals surface area (Å²) in [5.41, 5.74) is 7.13. The van der Waals surface area contributed by atoms with Gasteiger partial charge >= 0.3 is 5.97 Å². The molecule has 0 aliphatic carbocycles. The van der Waals surface area contributed by atoms with Gasteiger partial charge in [-0.25, -0.2) is 4.79 Å². The molecule has 1 heterocycles. The van der Waals surface area contributed by atoms with Gasteiger partial charge in [0.25, 0.3) is 0 Å². The monoisotopic (exact) mass is 217 g/mol. The van der Waals surface area contributed by atoms with E-state index in [1.165, 1.54) is 7.11 Å². The molecule has 0 fully saturated rings. The van der Waals surface area contributed by atoms with Crippen molar-refractivity contribution in [1.29, 1.82) is 0 Å². The van der Waals surface area contributed by atoms with Crippen LogP contribution in [0.3, 0.4) is 0 Å². The normalized spacial score (nSPS) is 10.1. The van der Waals surface area contributed by atoms with E-state index < -0.39 is 5.97 Å². The number of nitrogens with two attached hydrogens (primary N) is 1. The average Bonchev–Trinajstić information content (AvgIpc) is 2.77. The molecule has 2 rings (SSSR count). The van der Waals surface area contributed by atoms with Crippen LogP contribution in [-0.2, 0) is 4.74 Å². The first-order chi connectivity index (χ1) is 7.70. The predicted molar refractivity (Wildman–Crippen MR) is 59.9 cm³/mol. The van der Waals surface area contributed by atoms with Gasteiger partial charge in [0.2, 0.25) is 5.76 Å². The number of rotatable bonds is 2. The fourth-order valence-electron chi connectivity index (χ4n) is 1.40. The Hall–Kier alpha value is -2.23. The van der Waals surface area contributed by atoms with Crippen molar-refractivity contribution in [2.75, 3.05) is 12.8 Å². The van der Waals surface area contributed by atoms with Gasteiger partial charge in [0.15, 0.2) is 0 Å². The highest BCUT2D eigenvalue weighted by Crippen LogP contribution is 2.23. The Kier molecular flexibility index (Phi) is 2.64. The van der Waals surface area contributed by atoms with E-state index in [9.17, 15) is 4.79 Å². The second kappa shape index (κ2) is 4.10. The molecule has 0 spiro atoms. The smallest absolute Gasteiger partial charge is 0.373 e. The summed E-state index contributed by atoms with van der Waals surface area (Å²) >= 11 is 0. The van der Waals surface area contributed by atoms with Crippen LogP contribution in [0.4, 0.5) is 5.69 Å². The second-order valence-electron chi connectivity index (χ2n) is 3.28. The molecule has 2 N–H and O–H groups in total. The molecular weight excluding hydrogens is 206 g/mol. The molecule has 16 heavy (non-hydrogen) atoms. The number of ether oxygens (including phenoxy) is 1. The lowest BCUT2D eigenvalue weighted by Crippen LogP contribution is -1.98. The molecule has 0 saturated heterocycles. The van der Waals surface area contributed by atoms with Crippen LogP contribution in [-0.4, -0.2) is 13.1 Å². The lowest BCUT2D eigenvalue weighted by molar-refractivity contribution is 0.0566. The fraction of sp³-hybridized carbons (Fsp3) is 0.0833. The quantitative estimate of drug-likeness (QED) is 0.619. The predicted octanol–water partition coefficient (Wildman–Crippen LogP) is 2.32. The van der Waals surface area contributed by atoms with E-state index in [1.807, 2.05) is 12.1 Å². The summed E-state index contributed by atoms with van der Waals surface area (Å²) in [6.45, 7) is 0. The molecule has 0 amide bonds. The number of carbonyl (C=O) groups excluding carboxylic acids is 1. The van der Waals surface area contributed by atoms with Crippen LogP contribution in [0.2, 0.25) is 0 Å². The van der Waals surface area contributed by atoms with E-state index >= 15 is 0 Å². The zero-order valence-electron chi connectivity index (χ0n) is 8.77. The van der Waals surface area contributed by atoms with Crippen molar-refractivity contribution in [2.45, 2.75) is 0 Å². The lowest BCUT2D eigenvalue weighted by Gasteiger charge is -1.98. The van der Waals surface area contributed by atoms with Crippen LogP contribution in [0, 0.1) is 0 Å². The zero-order valence-corrected chi connectivity index (χ0v) is 8.77.